The van der Waals surface area contributed by atoms with E-state index in [0.717, 1.165) is 0 Å². The summed E-state index contributed by atoms with van der Waals surface area (Å²) in [6.45, 7) is 17.5. The van der Waals surface area contributed by atoms with Crippen LogP contribution in [0.25, 0.3) is 0 Å². The predicted octanol–water partition coefficient (Wildman–Crippen LogP) is 10.8. The number of hydrogen-bond donors (Lipinski definition) is 6. The van der Waals surface area contributed by atoms with Crippen molar-refractivity contribution in [3.05, 3.63) is 89.5 Å². The minimum atomic E-state index is -4.40. The molecule has 0 aromatic heterocycles. The van der Waals surface area contributed by atoms with Crippen LogP contribution < -0.4 is 30.2 Å². The Morgan fingerprint density at radius 2 is 0.639 bits per heavy atom. The molecule has 0 heterocycles. The van der Waals surface area contributed by atoms with Gasteiger partial charge in [-0.1, -0.05) is 98.7 Å². The minimum Gasteiger partial charge on any atom is -0.484 e. The van der Waals surface area contributed by atoms with Crippen molar-refractivity contribution in [2.75, 3.05) is 19.8 Å². The molecule has 6 atom stereocenters. The molecule has 0 spiro atoms. The normalized spacial score (nSPS) is 14.8. The minimum absolute atomic E-state index is 0.0435. The summed E-state index contributed by atoms with van der Waals surface area (Å²) in [5.74, 6) is -0.730. The second-order valence-electron chi connectivity index (χ2n) is 20.6. The Morgan fingerprint density at radius 1 is 0.431 bits per heavy atom. The fourth-order valence-electron chi connectivity index (χ4n) is 5.71. The number of carbonyl (C=O) groups excluding carboxylic acids is 3. The Labute approximate surface area is 416 Å². The van der Waals surface area contributed by atoms with Gasteiger partial charge in [-0.25, -0.2) is 0 Å². The molecule has 3 rings (SSSR count). The fourth-order valence-corrected chi connectivity index (χ4v) is 5.71. The van der Waals surface area contributed by atoms with Crippen LogP contribution in [-0.4, -0.2) is 89.7 Å². The molecule has 0 aliphatic heterocycles. The number of aliphatic hydroxyl groups excluding tert-OH is 3. The van der Waals surface area contributed by atoms with Gasteiger partial charge in [-0.15, -0.1) is 0 Å². The van der Waals surface area contributed by atoms with Crippen LogP contribution in [0.5, 0.6) is 17.2 Å². The van der Waals surface area contributed by atoms with Crippen LogP contribution >= 0.6 is 0 Å². The van der Waals surface area contributed by atoms with Gasteiger partial charge < -0.3 is 45.5 Å². The van der Waals surface area contributed by atoms with Crippen LogP contribution in [0.1, 0.15) is 137 Å². The standard InChI is InChI=1S/3C17H24F3NO3/c3*1-11(21-15(23)9-14(22)16(2,3)4)12-6-5-7-13(8-12)24-10-17(18,19)20/h3*5-8,11,14,22H,9-10H2,1-4H3,(H,21,23)/t11-,14?;11-,14+;11-,14-/m000/s1. The van der Waals surface area contributed by atoms with Gasteiger partial charge >= 0.3 is 18.5 Å². The van der Waals surface area contributed by atoms with Gasteiger partial charge in [0.2, 0.25) is 17.7 Å². The first kappa shape index (κ1) is 64.7. The lowest BCUT2D eigenvalue weighted by molar-refractivity contribution is -0.154. The summed E-state index contributed by atoms with van der Waals surface area (Å²) in [7, 11) is 0. The maximum absolute atomic E-state index is 12.2. The molecule has 12 nitrogen and oxygen atoms in total. The number of halogens is 9. The third-order valence-corrected chi connectivity index (χ3v) is 10.5. The number of nitrogens with one attached hydrogen (secondary N) is 3. The number of hydrogen-bond acceptors (Lipinski definition) is 9. The SMILES string of the molecule is C[C@H](NC(=O)CC(O)C(C)(C)C)c1cccc(OCC(F)(F)F)c1.C[C@H](NC(=O)C[C@@H](O)C(C)(C)C)c1cccc(OCC(F)(F)F)c1.C[C@H](NC(=O)C[C@H](O)C(C)(C)C)c1cccc(OCC(F)(F)F)c1. The Hall–Kier alpha value is -5.28. The Morgan fingerprint density at radius 3 is 0.819 bits per heavy atom. The third-order valence-electron chi connectivity index (χ3n) is 10.5. The molecule has 6 N–H and O–H groups in total. The summed E-state index contributed by atoms with van der Waals surface area (Å²) in [6, 6.07) is 17.1. The average molecular weight is 1040 g/mol. The Bertz CT molecular complexity index is 1890. The van der Waals surface area contributed by atoms with E-state index in [-0.39, 0.29) is 54.2 Å². The highest BCUT2D eigenvalue weighted by atomic mass is 19.4. The number of rotatable bonds is 18. The summed E-state index contributed by atoms with van der Waals surface area (Å²) < 4.78 is 124. The average Bonchev–Trinajstić information content (AvgIpc) is 3.23. The second kappa shape index (κ2) is 27.7. The van der Waals surface area contributed by atoms with E-state index in [2.05, 4.69) is 16.0 Å². The molecule has 3 aromatic carbocycles. The van der Waals surface area contributed by atoms with Gasteiger partial charge in [0.1, 0.15) is 17.2 Å². The second-order valence-corrected chi connectivity index (χ2v) is 20.6. The highest BCUT2D eigenvalue weighted by molar-refractivity contribution is 5.78. The highest BCUT2D eigenvalue weighted by Gasteiger charge is 2.31. The van der Waals surface area contributed by atoms with E-state index in [1.54, 1.807) is 57.2 Å². The Kier molecular flexibility index (Phi) is 24.9. The van der Waals surface area contributed by atoms with E-state index < -0.39 is 91.0 Å². The van der Waals surface area contributed by atoms with Crippen LogP contribution in [0.3, 0.4) is 0 Å². The quantitative estimate of drug-likeness (QED) is 0.0677. The summed E-state index contributed by atoms with van der Waals surface area (Å²) in [4.78, 5) is 35.9. The number of carbonyl (C=O) groups is 3. The molecule has 0 saturated heterocycles. The van der Waals surface area contributed by atoms with E-state index in [1.807, 2.05) is 62.3 Å². The predicted molar refractivity (Wildman–Crippen MR) is 254 cm³/mol. The van der Waals surface area contributed by atoms with Crippen LogP contribution in [0.15, 0.2) is 72.8 Å². The third kappa shape index (κ3) is 28.1. The summed E-state index contributed by atoms with van der Waals surface area (Å²) >= 11 is 0. The van der Waals surface area contributed by atoms with E-state index in [4.69, 9.17) is 14.2 Å². The number of ether oxygens (including phenoxy) is 3. The van der Waals surface area contributed by atoms with Crippen LogP contribution in [0, 0.1) is 16.2 Å². The van der Waals surface area contributed by atoms with Gasteiger partial charge in [-0.2, -0.15) is 39.5 Å². The van der Waals surface area contributed by atoms with Gasteiger partial charge in [0.05, 0.1) is 55.7 Å². The molecule has 408 valence electrons. The smallest absolute Gasteiger partial charge is 0.422 e. The van der Waals surface area contributed by atoms with Crippen molar-refractivity contribution < 1.29 is 83.4 Å². The van der Waals surface area contributed by atoms with Gasteiger partial charge in [-0.05, 0) is 90.1 Å². The highest BCUT2D eigenvalue weighted by Crippen LogP contribution is 2.28. The zero-order valence-electron chi connectivity index (χ0n) is 42.8. The maximum Gasteiger partial charge on any atom is 0.422 e. The zero-order chi connectivity index (χ0) is 55.6. The maximum atomic E-state index is 12.2. The monoisotopic (exact) mass is 1040 g/mol. The van der Waals surface area contributed by atoms with Crippen molar-refractivity contribution in [1.29, 1.82) is 0 Å². The molecule has 0 aliphatic carbocycles. The van der Waals surface area contributed by atoms with Gasteiger partial charge in [0.25, 0.3) is 0 Å². The summed E-state index contributed by atoms with van der Waals surface area (Å²) in [5, 5.41) is 38.0. The van der Waals surface area contributed by atoms with Crippen molar-refractivity contribution in [2.45, 2.75) is 157 Å². The molecule has 3 amide bonds. The molecule has 0 bridgehead atoms. The van der Waals surface area contributed by atoms with Gasteiger partial charge in [-0.3, -0.25) is 14.4 Å². The first-order valence-electron chi connectivity index (χ1n) is 23.0. The van der Waals surface area contributed by atoms with Crippen LogP contribution in [0.2, 0.25) is 0 Å². The number of amides is 3. The van der Waals surface area contributed by atoms with Crippen molar-refractivity contribution >= 4 is 17.7 Å². The first-order chi connectivity index (χ1) is 32.6. The van der Waals surface area contributed by atoms with Crippen LogP contribution in [-0.2, 0) is 14.4 Å². The number of aliphatic hydroxyl groups is 3. The Balaban J connectivity index is 0.000000540. The molecule has 21 heteroatoms. The van der Waals surface area contributed by atoms with E-state index in [1.165, 1.54) is 36.4 Å². The molecule has 1 unspecified atom stereocenters. The molecular weight excluding hydrogens is 970 g/mol. The van der Waals surface area contributed by atoms with Crippen molar-refractivity contribution in [1.82, 2.24) is 16.0 Å². The van der Waals surface area contributed by atoms with Gasteiger partial charge in [0.15, 0.2) is 19.8 Å². The molecule has 72 heavy (non-hydrogen) atoms. The molecule has 0 radical (unpaired) electrons. The lowest BCUT2D eigenvalue weighted by Crippen LogP contribution is -2.35. The molecule has 3 aromatic rings. The molecule has 0 fully saturated rings. The van der Waals surface area contributed by atoms with Crippen molar-refractivity contribution in [3.8, 4) is 17.2 Å². The summed E-state index contributed by atoms with van der Waals surface area (Å²) in [6.07, 6.45) is -15.7. The largest absolute Gasteiger partial charge is 0.484 e. The zero-order valence-corrected chi connectivity index (χ0v) is 42.8. The lowest BCUT2D eigenvalue weighted by Gasteiger charge is -2.26. The molecule has 0 saturated carbocycles. The van der Waals surface area contributed by atoms with Crippen molar-refractivity contribution in [2.24, 2.45) is 16.2 Å². The molecular formula is C51H72F9N3O9. The van der Waals surface area contributed by atoms with Gasteiger partial charge in [0, 0.05) is 0 Å². The van der Waals surface area contributed by atoms with E-state index >= 15 is 0 Å². The summed E-state index contributed by atoms with van der Waals surface area (Å²) in [5.41, 5.74) is 0.624. The topological polar surface area (TPSA) is 176 Å². The molecule has 0 aliphatic rings. The number of alkyl halides is 9. The van der Waals surface area contributed by atoms with E-state index in [0.29, 0.717) is 16.7 Å². The fraction of sp³-hybridized carbons (Fsp3) is 0.588. The first-order valence-corrected chi connectivity index (χ1v) is 23.0. The number of benzene rings is 3. The van der Waals surface area contributed by atoms with E-state index in [9.17, 15) is 69.2 Å². The lowest BCUT2D eigenvalue weighted by atomic mass is 9.87. The van der Waals surface area contributed by atoms with Crippen molar-refractivity contribution in [3.63, 3.8) is 0 Å². The van der Waals surface area contributed by atoms with Crippen LogP contribution in [0.4, 0.5) is 39.5 Å².